The third-order valence-corrected chi connectivity index (χ3v) is 2.35. The van der Waals surface area contributed by atoms with Crippen LogP contribution in [0, 0.1) is 0 Å². The summed E-state index contributed by atoms with van der Waals surface area (Å²) < 4.78 is 27.2. The first-order valence-corrected chi connectivity index (χ1v) is 5.06. The molecule has 0 aliphatic rings. The molecule has 0 radical (unpaired) electrons. The van der Waals surface area contributed by atoms with Crippen molar-refractivity contribution in [2.24, 2.45) is 0 Å². The van der Waals surface area contributed by atoms with Crippen LogP contribution in [0.5, 0.6) is 0 Å². The Balaban J connectivity index is 2.68. The molecule has 0 aromatic heterocycles. The number of rotatable bonds is 4. The van der Waals surface area contributed by atoms with E-state index in [1.54, 1.807) is 24.3 Å². The topological polar surface area (TPSA) is 0 Å². The van der Waals surface area contributed by atoms with Crippen molar-refractivity contribution in [1.82, 2.24) is 0 Å². The molecule has 76 valence electrons. The van der Waals surface area contributed by atoms with Crippen molar-refractivity contribution in [3.8, 4) is 0 Å². The van der Waals surface area contributed by atoms with Crippen LogP contribution in [0.2, 0.25) is 0 Å². The Morgan fingerprint density at radius 3 is 2.36 bits per heavy atom. The van der Waals surface area contributed by atoms with E-state index in [2.05, 4.69) is 22.5 Å². The highest BCUT2D eigenvalue weighted by atomic mass is 79.9. The summed E-state index contributed by atoms with van der Waals surface area (Å²) in [5.41, 5.74) is 0.639. The molecule has 0 atom stereocenters. The summed E-state index contributed by atoms with van der Waals surface area (Å²) >= 11 is 3.25. The Morgan fingerprint density at radius 2 is 1.86 bits per heavy atom. The molecule has 0 bridgehead atoms. The quantitative estimate of drug-likeness (QED) is 0.712. The third-order valence-electron chi connectivity index (χ3n) is 1.82. The van der Waals surface area contributed by atoms with E-state index in [4.69, 9.17) is 0 Å². The Hall–Kier alpha value is -0.700. The predicted octanol–water partition coefficient (Wildman–Crippen LogP) is 4.20. The van der Waals surface area contributed by atoms with Crippen LogP contribution in [0.3, 0.4) is 0 Å². The Kier molecular flexibility index (Phi) is 3.81. The van der Waals surface area contributed by atoms with Crippen LogP contribution in [-0.4, -0.2) is 5.92 Å². The molecule has 0 saturated heterocycles. The second-order valence-corrected chi connectivity index (χ2v) is 4.07. The molecule has 0 aliphatic carbocycles. The average Bonchev–Trinajstić information content (AvgIpc) is 2.08. The van der Waals surface area contributed by atoms with Crippen molar-refractivity contribution in [2.45, 2.75) is 18.8 Å². The molecule has 0 nitrogen and oxygen atoms in total. The summed E-state index contributed by atoms with van der Waals surface area (Å²) in [4.78, 5) is 0. The molecule has 0 amide bonds. The van der Waals surface area contributed by atoms with Gasteiger partial charge in [-0.25, -0.2) is 8.78 Å². The number of hydrogen-bond acceptors (Lipinski definition) is 0. The first kappa shape index (κ1) is 11.4. The maximum atomic E-state index is 13.1. The maximum absolute atomic E-state index is 13.1. The SMILES string of the molecule is C=CCC(F)(F)Cc1ccc(Br)cc1. The number of benzene rings is 1. The fraction of sp³-hybridized carbons (Fsp3) is 0.273. The van der Waals surface area contributed by atoms with Gasteiger partial charge in [0.25, 0.3) is 5.92 Å². The Labute approximate surface area is 90.8 Å². The zero-order valence-electron chi connectivity index (χ0n) is 7.64. The van der Waals surface area contributed by atoms with Gasteiger partial charge >= 0.3 is 0 Å². The molecule has 0 aliphatic heterocycles. The van der Waals surface area contributed by atoms with E-state index < -0.39 is 5.92 Å². The van der Waals surface area contributed by atoms with Crippen molar-refractivity contribution in [2.75, 3.05) is 0 Å². The third kappa shape index (κ3) is 3.58. The molecule has 0 fully saturated rings. The summed E-state index contributed by atoms with van der Waals surface area (Å²) in [5.74, 6) is -2.68. The molecule has 1 aromatic rings. The first-order chi connectivity index (χ1) is 6.53. The maximum Gasteiger partial charge on any atom is 0.255 e. The minimum Gasteiger partial charge on any atom is -0.206 e. The lowest BCUT2D eigenvalue weighted by Gasteiger charge is -2.13. The fourth-order valence-corrected chi connectivity index (χ4v) is 1.45. The summed E-state index contributed by atoms with van der Waals surface area (Å²) in [6.45, 7) is 3.31. The number of hydrogen-bond donors (Lipinski definition) is 0. The van der Waals surface area contributed by atoms with Gasteiger partial charge in [-0.05, 0) is 17.7 Å². The normalized spacial score (nSPS) is 11.4. The van der Waals surface area contributed by atoms with Gasteiger partial charge in [0, 0.05) is 17.3 Å². The summed E-state index contributed by atoms with van der Waals surface area (Å²) in [6.07, 6.45) is 0.744. The minimum atomic E-state index is -2.68. The lowest BCUT2D eigenvalue weighted by atomic mass is 10.1. The van der Waals surface area contributed by atoms with Gasteiger partial charge in [-0.3, -0.25) is 0 Å². The van der Waals surface area contributed by atoms with Gasteiger partial charge in [-0.2, -0.15) is 0 Å². The van der Waals surface area contributed by atoms with Crippen molar-refractivity contribution >= 4 is 15.9 Å². The van der Waals surface area contributed by atoms with E-state index in [0.717, 1.165) is 4.47 Å². The van der Waals surface area contributed by atoms with E-state index in [-0.39, 0.29) is 12.8 Å². The largest absolute Gasteiger partial charge is 0.255 e. The highest BCUT2D eigenvalue weighted by Gasteiger charge is 2.26. The molecule has 1 rings (SSSR count). The zero-order valence-corrected chi connectivity index (χ0v) is 9.23. The van der Waals surface area contributed by atoms with Crippen molar-refractivity contribution in [3.63, 3.8) is 0 Å². The minimum absolute atomic E-state index is 0.230. The summed E-state index contributed by atoms with van der Waals surface area (Å²) in [6, 6.07) is 6.92. The van der Waals surface area contributed by atoms with E-state index in [1.807, 2.05) is 0 Å². The lowest BCUT2D eigenvalue weighted by Crippen LogP contribution is -2.18. The van der Waals surface area contributed by atoms with Crippen molar-refractivity contribution < 1.29 is 8.78 Å². The molecule has 1 aromatic carbocycles. The van der Waals surface area contributed by atoms with Crippen LogP contribution in [0.15, 0.2) is 41.4 Å². The van der Waals surface area contributed by atoms with E-state index >= 15 is 0 Å². The standard InChI is InChI=1S/C11H11BrF2/c1-2-7-11(13,14)8-9-3-5-10(12)6-4-9/h2-6H,1,7-8H2. The van der Waals surface area contributed by atoms with Gasteiger partial charge < -0.3 is 0 Å². The van der Waals surface area contributed by atoms with Gasteiger partial charge in [0.15, 0.2) is 0 Å². The molecule has 0 heterocycles. The highest BCUT2D eigenvalue weighted by molar-refractivity contribution is 9.10. The Morgan fingerprint density at radius 1 is 1.29 bits per heavy atom. The predicted molar refractivity (Wildman–Crippen MR) is 57.6 cm³/mol. The fourth-order valence-electron chi connectivity index (χ4n) is 1.18. The number of halogens is 3. The van der Waals surface area contributed by atoms with Crippen molar-refractivity contribution in [3.05, 3.63) is 47.0 Å². The smallest absolute Gasteiger partial charge is 0.206 e. The van der Waals surface area contributed by atoms with Gasteiger partial charge in [0.05, 0.1) is 0 Å². The van der Waals surface area contributed by atoms with Gasteiger partial charge in [-0.1, -0.05) is 34.1 Å². The molecule has 0 saturated carbocycles. The van der Waals surface area contributed by atoms with Gasteiger partial charge in [0.1, 0.15) is 0 Å². The molecule has 0 unspecified atom stereocenters. The molecule has 0 spiro atoms. The van der Waals surface area contributed by atoms with Crippen molar-refractivity contribution in [1.29, 1.82) is 0 Å². The molecule has 0 N–H and O–H groups in total. The monoisotopic (exact) mass is 260 g/mol. The van der Waals surface area contributed by atoms with E-state index in [0.29, 0.717) is 5.56 Å². The average molecular weight is 261 g/mol. The number of alkyl halides is 2. The second kappa shape index (κ2) is 4.69. The van der Waals surface area contributed by atoms with Gasteiger partial charge in [0.2, 0.25) is 0 Å². The zero-order chi connectivity index (χ0) is 10.6. The molecular weight excluding hydrogens is 250 g/mol. The van der Waals surface area contributed by atoms with E-state index in [1.165, 1.54) is 6.08 Å². The molecule has 14 heavy (non-hydrogen) atoms. The molecule has 3 heteroatoms. The Bertz CT molecular complexity index is 304. The summed E-state index contributed by atoms with van der Waals surface area (Å²) in [5, 5.41) is 0. The van der Waals surface area contributed by atoms with Crippen LogP contribution >= 0.6 is 15.9 Å². The first-order valence-electron chi connectivity index (χ1n) is 4.27. The summed E-state index contributed by atoms with van der Waals surface area (Å²) in [7, 11) is 0. The van der Waals surface area contributed by atoms with E-state index in [9.17, 15) is 8.78 Å². The second-order valence-electron chi connectivity index (χ2n) is 3.15. The van der Waals surface area contributed by atoms with Crippen LogP contribution < -0.4 is 0 Å². The van der Waals surface area contributed by atoms with Crippen LogP contribution in [0.1, 0.15) is 12.0 Å². The van der Waals surface area contributed by atoms with Crippen LogP contribution in [0.25, 0.3) is 0 Å². The lowest BCUT2D eigenvalue weighted by molar-refractivity contribution is 0.00499. The highest BCUT2D eigenvalue weighted by Crippen LogP contribution is 2.24. The molecular formula is C11H11BrF2. The number of allylic oxidation sites excluding steroid dienone is 1. The van der Waals surface area contributed by atoms with Crippen LogP contribution in [-0.2, 0) is 6.42 Å². The van der Waals surface area contributed by atoms with Crippen LogP contribution in [0.4, 0.5) is 8.78 Å². The van der Waals surface area contributed by atoms with Gasteiger partial charge in [-0.15, -0.1) is 6.58 Å².